The summed E-state index contributed by atoms with van der Waals surface area (Å²) in [5.74, 6) is 1.25. The van der Waals surface area contributed by atoms with Gasteiger partial charge in [0, 0.05) is 11.8 Å². The molecule has 0 aliphatic heterocycles. The molecule has 0 unspecified atom stereocenters. The quantitative estimate of drug-likeness (QED) is 0.520. The lowest BCUT2D eigenvalue weighted by atomic mass is 10.1. The fraction of sp³-hybridized carbons (Fsp3) is 0.143. The maximum Gasteiger partial charge on any atom is 0.209 e. The van der Waals surface area contributed by atoms with Gasteiger partial charge in [0.2, 0.25) is 5.78 Å². The molecule has 1 aromatic heterocycles. The lowest BCUT2D eigenvalue weighted by molar-refractivity contribution is 0.0735. The number of carbonyl (C=O) groups excluding carboxylic acids is 1. The molecular weight excluding hydrogens is 342 g/mol. The van der Waals surface area contributed by atoms with E-state index >= 15 is 0 Å². The number of rotatable bonds is 6. The van der Waals surface area contributed by atoms with Crippen LogP contribution in [0.5, 0.6) is 11.5 Å². The standard InChI is InChI=1S/C21H17N3O3/c1-3-19(25)20(26)18-12-13-23-21(24-18)14-4-8-16(9-5-14)27-17-10-6-15(22-2)7-11-17/h4-13,19,25H,3H2,1H3/t19-/m0/s1. The third-order valence-corrected chi connectivity index (χ3v) is 3.91. The summed E-state index contributed by atoms with van der Waals surface area (Å²) >= 11 is 0. The zero-order valence-corrected chi connectivity index (χ0v) is 14.7. The topological polar surface area (TPSA) is 76.7 Å². The van der Waals surface area contributed by atoms with Crippen LogP contribution in [0.4, 0.5) is 5.69 Å². The van der Waals surface area contributed by atoms with E-state index < -0.39 is 11.9 Å². The molecule has 27 heavy (non-hydrogen) atoms. The lowest BCUT2D eigenvalue weighted by Crippen LogP contribution is -2.20. The van der Waals surface area contributed by atoms with Crippen LogP contribution in [0.15, 0.2) is 60.8 Å². The number of benzene rings is 2. The predicted molar refractivity (Wildman–Crippen MR) is 101 cm³/mol. The fourth-order valence-electron chi connectivity index (χ4n) is 2.39. The molecule has 2 aromatic carbocycles. The van der Waals surface area contributed by atoms with Crippen LogP contribution in [0.3, 0.4) is 0 Å². The maximum atomic E-state index is 12.1. The van der Waals surface area contributed by atoms with Crippen LogP contribution < -0.4 is 4.74 Å². The first-order valence-corrected chi connectivity index (χ1v) is 8.42. The maximum absolute atomic E-state index is 12.1. The van der Waals surface area contributed by atoms with E-state index in [9.17, 15) is 9.90 Å². The molecule has 0 bridgehead atoms. The van der Waals surface area contributed by atoms with Gasteiger partial charge in [-0.15, -0.1) is 0 Å². The minimum Gasteiger partial charge on any atom is -0.457 e. The summed E-state index contributed by atoms with van der Waals surface area (Å²) in [4.78, 5) is 23.9. The monoisotopic (exact) mass is 359 g/mol. The van der Waals surface area contributed by atoms with Gasteiger partial charge in [-0.25, -0.2) is 14.8 Å². The molecule has 1 heterocycles. The van der Waals surface area contributed by atoms with Crippen LogP contribution in [0, 0.1) is 6.57 Å². The first-order valence-electron chi connectivity index (χ1n) is 8.42. The second kappa shape index (κ2) is 8.21. The van der Waals surface area contributed by atoms with Gasteiger partial charge in [0.05, 0.1) is 6.57 Å². The van der Waals surface area contributed by atoms with Gasteiger partial charge in [0.15, 0.2) is 11.5 Å². The highest BCUT2D eigenvalue weighted by atomic mass is 16.5. The highest BCUT2D eigenvalue weighted by Crippen LogP contribution is 2.26. The molecule has 3 aromatic rings. The number of ether oxygens (including phenoxy) is 1. The Morgan fingerprint density at radius 3 is 2.33 bits per heavy atom. The van der Waals surface area contributed by atoms with Crippen LogP contribution in [0.2, 0.25) is 0 Å². The molecule has 3 rings (SSSR count). The average molecular weight is 359 g/mol. The average Bonchev–Trinajstić information content (AvgIpc) is 2.74. The van der Waals surface area contributed by atoms with Crippen molar-refractivity contribution in [2.45, 2.75) is 19.4 Å². The van der Waals surface area contributed by atoms with Crippen LogP contribution in [0.25, 0.3) is 16.2 Å². The fourth-order valence-corrected chi connectivity index (χ4v) is 2.39. The Kier molecular flexibility index (Phi) is 5.55. The first-order chi connectivity index (χ1) is 13.1. The number of nitrogens with zero attached hydrogens (tertiary/aromatic N) is 3. The van der Waals surface area contributed by atoms with E-state index in [4.69, 9.17) is 11.3 Å². The van der Waals surface area contributed by atoms with Gasteiger partial charge in [-0.3, -0.25) is 4.79 Å². The molecule has 0 saturated heterocycles. The zero-order chi connectivity index (χ0) is 19.2. The van der Waals surface area contributed by atoms with Gasteiger partial charge in [-0.1, -0.05) is 19.1 Å². The third kappa shape index (κ3) is 4.35. The third-order valence-electron chi connectivity index (χ3n) is 3.91. The van der Waals surface area contributed by atoms with Crippen LogP contribution in [-0.4, -0.2) is 27.0 Å². The minimum absolute atomic E-state index is 0.189. The SMILES string of the molecule is [C-]#[N+]c1ccc(Oc2ccc(-c3nccc(C(=O)[C@@H](O)CC)n3)cc2)cc1. The van der Waals surface area contributed by atoms with Crippen molar-refractivity contribution in [2.24, 2.45) is 0 Å². The molecule has 1 atom stereocenters. The molecule has 1 N–H and O–H groups in total. The normalized spacial score (nSPS) is 11.4. The van der Waals surface area contributed by atoms with Crippen molar-refractivity contribution in [3.8, 4) is 22.9 Å². The summed E-state index contributed by atoms with van der Waals surface area (Å²) in [6.07, 6.45) is 0.778. The first kappa shape index (κ1) is 18.2. The number of aliphatic hydroxyl groups is 1. The van der Waals surface area contributed by atoms with E-state index in [1.54, 1.807) is 55.5 Å². The number of carbonyl (C=O) groups is 1. The summed E-state index contributed by atoms with van der Waals surface area (Å²) < 4.78 is 5.75. The summed E-state index contributed by atoms with van der Waals surface area (Å²) in [5, 5.41) is 9.71. The molecule has 0 fully saturated rings. The number of hydrogen-bond donors (Lipinski definition) is 1. The van der Waals surface area contributed by atoms with Crippen molar-refractivity contribution < 1.29 is 14.6 Å². The number of hydrogen-bond acceptors (Lipinski definition) is 5. The Morgan fingerprint density at radius 2 is 1.74 bits per heavy atom. The number of aromatic nitrogens is 2. The van der Waals surface area contributed by atoms with Crippen molar-refractivity contribution in [1.29, 1.82) is 0 Å². The van der Waals surface area contributed by atoms with Crippen molar-refractivity contribution in [3.05, 3.63) is 77.9 Å². The van der Waals surface area contributed by atoms with Crippen molar-refractivity contribution in [1.82, 2.24) is 9.97 Å². The molecule has 6 nitrogen and oxygen atoms in total. The molecule has 0 amide bonds. The molecule has 0 spiro atoms. The van der Waals surface area contributed by atoms with Gasteiger partial charge in [-0.2, -0.15) is 0 Å². The van der Waals surface area contributed by atoms with Crippen molar-refractivity contribution in [2.75, 3.05) is 0 Å². The van der Waals surface area contributed by atoms with Crippen molar-refractivity contribution >= 4 is 11.5 Å². The van der Waals surface area contributed by atoms with Gasteiger partial charge >= 0.3 is 0 Å². The lowest BCUT2D eigenvalue weighted by Gasteiger charge is -2.08. The minimum atomic E-state index is -1.06. The summed E-state index contributed by atoms with van der Waals surface area (Å²) in [7, 11) is 0. The number of ketones is 1. The Labute approximate surface area is 156 Å². The van der Waals surface area contributed by atoms with Crippen LogP contribution in [0.1, 0.15) is 23.8 Å². The second-order valence-electron chi connectivity index (χ2n) is 5.79. The highest BCUT2D eigenvalue weighted by Gasteiger charge is 2.17. The molecule has 0 radical (unpaired) electrons. The summed E-state index contributed by atoms with van der Waals surface area (Å²) in [6.45, 7) is 8.69. The molecule has 134 valence electrons. The number of Topliss-reactive ketones (excluding diaryl/α,β-unsaturated/α-hetero) is 1. The number of aliphatic hydroxyl groups excluding tert-OH is 1. The van der Waals surface area contributed by atoms with E-state index in [2.05, 4.69) is 14.8 Å². The summed E-state index contributed by atoms with van der Waals surface area (Å²) in [6, 6.07) is 15.5. The van der Waals surface area contributed by atoms with Crippen LogP contribution in [-0.2, 0) is 0 Å². The van der Waals surface area contributed by atoms with E-state index in [0.29, 0.717) is 29.4 Å². The van der Waals surface area contributed by atoms with E-state index in [1.807, 2.05) is 0 Å². The highest BCUT2D eigenvalue weighted by molar-refractivity contribution is 5.97. The Balaban J connectivity index is 1.77. The predicted octanol–water partition coefficient (Wildman–Crippen LogP) is 4.44. The van der Waals surface area contributed by atoms with Gasteiger partial charge in [0.25, 0.3) is 0 Å². The smallest absolute Gasteiger partial charge is 0.209 e. The summed E-state index contributed by atoms with van der Waals surface area (Å²) in [5.41, 5.74) is 1.47. The molecule has 0 aliphatic carbocycles. The van der Waals surface area contributed by atoms with E-state index in [1.165, 1.54) is 12.3 Å². The van der Waals surface area contributed by atoms with Gasteiger partial charge < -0.3 is 9.84 Å². The molecule has 0 aliphatic rings. The van der Waals surface area contributed by atoms with E-state index in [-0.39, 0.29) is 5.69 Å². The van der Waals surface area contributed by atoms with E-state index in [0.717, 1.165) is 5.56 Å². The molecular formula is C21H17N3O3. The van der Waals surface area contributed by atoms with Crippen LogP contribution >= 0.6 is 0 Å². The van der Waals surface area contributed by atoms with Crippen molar-refractivity contribution in [3.63, 3.8) is 0 Å². The Bertz CT molecular complexity index is 977. The van der Waals surface area contributed by atoms with Gasteiger partial charge in [-0.05, 0) is 48.9 Å². The Morgan fingerprint density at radius 1 is 1.11 bits per heavy atom. The zero-order valence-electron chi connectivity index (χ0n) is 14.7. The molecule has 0 saturated carbocycles. The van der Waals surface area contributed by atoms with Gasteiger partial charge in [0.1, 0.15) is 23.3 Å². The largest absolute Gasteiger partial charge is 0.457 e. The second-order valence-corrected chi connectivity index (χ2v) is 5.79. The Hall–Kier alpha value is -3.56. The molecule has 6 heteroatoms.